The van der Waals surface area contributed by atoms with Crippen LogP contribution in [0.1, 0.15) is 32.6 Å². The van der Waals surface area contributed by atoms with Crippen molar-refractivity contribution in [1.82, 2.24) is 10.2 Å². The van der Waals surface area contributed by atoms with Crippen molar-refractivity contribution >= 4 is 38.9 Å². The minimum atomic E-state index is -0.203. The zero-order valence-corrected chi connectivity index (χ0v) is 15.1. The highest BCUT2D eigenvalue weighted by atomic mass is 35.5. The Balaban J connectivity index is 2.09. The van der Waals surface area contributed by atoms with Gasteiger partial charge in [0.15, 0.2) is 0 Å². The van der Waals surface area contributed by atoms with Crippen LogP contribution in [0.15, 0.2) is 24.3 Å². The highest BCUT2D eigenvalue weighted by molar-refractivity contribution is 7.19. The number of halogens is 1. The topological polar surface area (TPSA) is 32.3 Å². The second kappa shape index (κ2) is 6.99. The number of nitrogens with one attached hydrogen (secondary N) is 1. The van der Waals surface area contributed by atoms with E-state index in [1.54, 1.807) is 11.3 Å². The molecule has 0 aliphatic carbocycles. The third-order valence-electron chi connectivity index (χ3n) is 3.30. The molecule has 0 spiro atoms. The molecule has 0 saturated carbocycles. The van der Waals surface area contributed by atoms with Gasteiger partial charge in [-0.15, -0.1) is 11.3 Å². The minimum Gasteiger partial charge on any atom is -0.350 e. The summed E-state index contributed by atoms with van der Waals surface area (Å²) in [5.41, 5.74) is -0.203. The molecule has 1 aromatic heterocycles. The van der Waals surface area contributed by atoms with Gasteiger partial charge in [-0.1, -0.05) is 36.7 Å². The average molecular weight is 339 g/mol. The molecular weight excluding hydrogens is 316 g/mol. The van der Waals surface area contributed by atoms with Crippen LogP contribution in [-0.2, 0) is 11.3 Å². The number of carbonyl (C=O) groups is 1. The predicted octanol–water partition coefficient (Wildman–Crippen LogP) is 4.29. The summed E-state index contributed by atoms with van der Waals surface area (Å²) in [5, 5.41) is 4.91. The summed E-state index contributed by atoms with van der Waals surface area (Å²) < 4.78 is 1.19. The SMILES string of the molecule is CCN(CC(=O)NC(C)(C)C)Cc1sc2ccccc2c1Cl. The Kier molecular flexibility index (Phi) is 5.48. The van der Waals surface area contributed by atoms with Crippen LogP contribution in [0.2, 0.25) is 5.02 Å². The number of nitrogens with zero attached hydrogens (tertiary/aromatic N) is 1. The number of hydrogen-bond donors (Lipinski definition) is 1. The van der Waals surface area contributed by atoms with E-state index in [9.17, 15) is 4.79 Å². The van der Waals surface area contributed by atoms with Crippen molar-refractivity contribution in [1.29, 1.82) is 0 Å². The maximum atomic E-state index is 12.1. The molecule has 0 fully saturated rings. The van der Waals surface area contributed by atoms with Gasteiger partial charge in [-0.2, -0.15) is 0 Å². The molecule has 0 saturated heterocycles. The van der Waals surface area contributed by atoms with Gasteiger partial charge in [0.2, 0.25) is 5.91 Å². The molecular formula is C17H23ClN2OS. The van der Waals surface area contributed by atoms with Gasteiger partial charge in [0.25, 0.3) is 0 Å². The molecule has 120 valence electrons. The van der Waals surface area contributed by atoms with Crippen LogP contribution in [0.4, 0.5) is 0 Å². The number of carbonyl (C=O) groups excluding carboxylic acids is 1. The van der Waals surface area contributed by atoms with Crippen LogP contribution in [-0.4, -0.2) is 29.4 Å². The lowest BCUT2D eigenvalue weighted by Crippen LogP contribution is -2.45. The summed E-state index contributed by atoms with van der Waals surface area (Å²) in [4.78, 5) is 15.3. The standard InChI is InChI=1S/C17H23ClN2OS/c1-5-20(11-15(21)19-17(2,3)4)10-14-16(18)12-8-6-7-9-13(12)22-14/h6-9H,5,10-11H2,1-4H3,(H,19,21). The van der Waals surface area contributed by atoms with E-state index in [-0.39, 0.29) is 11.4 Å². The van der Waals surface area contributed by atoms with Gasteiger partial charge in [0.05, 0.1) is 11.6 Å². The molecule has 0 aliphatic heterocycles. The summed E-state index contributed by atoms with van der Waals surface area (Å²) in [6, 6.07) is 8.14. The van der Waals surface area contributed by atoms with Crippen molar-refractivity contribution in [3.63, 3.8) is 0 Å². The summed E-state index contributed by atoms with van der Waals surface area (Å²) >= 11 is 8.19. The van der Waals surface area contributed by atoms with Gasteiger partial charge in [0, 0.05) is 27.0 Å². The molecule has 3 nitrogen and oxygen atoms in total. The predicted molar refractivity (Wildman–Crippen MR) is 95.7 cm³/mol. The van der Waals surface area contributed by atoms with Crippen LogP contribution < -0.4 is 5.32 Å². The first kappa shape index (κ1) is 17.3. The Bertz CT molecular complexity index is 660. The van der Waals surface area contributed by atoms with Crippen molar-refractivity contribution in [3.8, 4) is 0 Å². The van der Waals surface area contributed by atoms with Gasteiger partial charge in [-0.3, -0.25) is 9.69 Å². The number of hydrogen-bond acceptors (Lipinski definition) is 3. The molecule has 0 atom stereocenters. The molecule has 5 heteroatoms. The van der Waals surface area contributed by atoms with Crippen molar-refractivity contribution in [2.45, 2.75) is 39.8 Å². The zero-order chi connectivity index (χ0) is 16.3. The number of fused-ring (bicyclic) bond motifs is 1. The molecule has 2 aromatic rings. The summed E-state index contributed by atoms with van der Waals surface area (Å²) in [7, 11) is 0. The summed E-state index contributed by atoms with van der Waals surface area (Å²) in [6.07, 6.45) is 0. The fraction of sp³-hybridized carbons (Fsp3) is 0.471. The van der Waals surface area contributed by atoms with E-state index in [1.807, 2.05) is 39.0 Å². The van der Waals surface area contributed by atoms with Gasteiger partial charge >= 0.3 is 0 Å². The Morgan fingerprint density at radius 1 is 1.32 bits per heavy atom. The quantitative estimate of drug-likeness (QED) is 0.882. The van der Waals surface area contributed by atoms with Crippen molar-refractivity contribution in [3.05, 3.63) is 34.2 Å². The highest BCUT2D eigenvalue weighted by Gasteiger charge is 2.18. The van der Waals surface area contributed by atoms with E-state index < -0.39 is 0 Å². The Labute approximate surface area is 141 Å². The van der Waals surface area contributed by atoms with E-state index in [0.717, 1.165) is 21.8 Å². The van der Waals surface area contributed by atoms with E-state index in [2.05, 4.69) is 23.2 Å². The maximum absolute atomic E-state index is 12.1. The molecule has 0 aliphatic rings. The first-order valence-corrected chi connectivity index (χ1v) is 8.69. The Morgan fingerprint density at radius 3 is 2.59 bits per heavy atom. The van der Waals surface area contributed by atoms with Crippen molar-refractivity contribution in [2.75, 3.05) is 13.1 Å². The summed E-state index contributed by atoms with van der Waals surface area (Å²) in [6.45, 7) is 9.93. The van der Waals surface area contributed by atoms with Crippen LogP contribution in [0.5, 0.6) is 0 Å². The van der Waals surface area contributed by atoms with E-state index in [0.29, 0.717) is 13.1 Å². The molecule has 1 aromatic carbocycles. The molecule has 1 amide bonds. The minimum absolute atomic E-state index is 0.0478. The van der Waals surface area contributed by atoms with Crippen LogP contribution in [0, 0.1) is 0 Å². The molecule has 1 N–H and O–H groups in total. The Morgan fingerprint density at radius 2 is 2.00 bits per heavy atom. The molecule has 0 bridgehead atoms. The van der Waals surface area contributed by atoms with Crippen LogP contribution in [0.25, 0.3) is 10.1 Å². The highest BCUT2D eigenvalue weighted by Crippen LogP contribution is 2.35. The zero-order valence-electron chi connectivity index (χ0n) is 13.6. The lowest BCUT2D eigenvalue weighted by Gasteiger charge is -2.24. The summed E-state index contributed by atoms with van der Waals surface area (Å²) in [5.74, 6) is 0.0478. The molecule has 0 radical (unpaired) electrons. The third-order valence-corrected chi connectivity index (χ3v) is 5.00. The fourth-order valence-electron chi connectivity index (χ4n) is 2.31. The van der Waals surface area contributed by atoms with Gasteiger partial charge in [-0.05, 0) is 33.4 Å². The van der Waals surface area contributed by atoms with Gasteiger partial charge in [-0.25, -0.2) is 0 Å². The molecule has 2 rings (SSSR count). The smallest absolute Gasteiger partial charge is 0.234 e. The molecule has 22 heavy (non-hydrogen) atoms. The molecule has 0 unspecified atom stereocenters. The number of benzene rings is 1. The maximum Gasteiger partial charge on any atom is 0.234 e. The van der Waals surface area contributed by atoms with E-state index in [4.69, 9.17) is 11.6 Å². The molecule has 1 heterocycles. The second-order valence-corrected chi connectivity index (χ2v) is 7.95. The second-order valence-electron chi connectivity index (χ2n) is 6.44. The van der Waals surface area contributed by atoms with Crippen molar-refractivity contribution in [2.24, 2.45) is 0 Å². The lowest BCUT2D eigenvalue weighted by molar-refractivity contribution is -0.123. The van der Waals surface area contributed by atoms with E-state index in [1.165, 1.54) is 4.70 Å². The lowest BCUT2D eigenvalue weighted by atomic mass is 10.1. The number of thiophene rings is 1. The third kappa shape index (κ3) is 4.45. The number of rotatable bonds is 5. The Hall–Kier alpha value is -1.10. The van der Waals surface area contributed by atoms with Crippen LogP contribution >= 0.6 is 22.9 Å². The first-order chi connectivity index (χ1) is 10.3. The number of likely N-dealkylation sites (N-methyl/N-ethyl adjacent to an activating group) is 1. The van der Waals surface area contributed by atoms with Gasteiger partial charge in [0.1, 0.15) is 0 Å². The van der Waals surface area contributed by atoms with Gasteiger partial charge < -0.3 is 5.32 Å². The van der Waals surface area contributed by atoms with E-state index >= 15 is 0 Å². The first-order valence-electron chi connectivity index (χ1n) is 7.49. The average Bonchev–Trinajstić information content (AvgIpc) is 2.73. The fourth-order valence-corrected chi connectivity index (χ4v) is 3.84. The number of amides is 1. The van der Waals surface area contributed by atoms with Crippen molar-refractivity contribution < 1.29 is 4.79 Å². The largest absolute Gasteiger partial charge is 0.350 e. The normalized spacial score (nSPS) is 12.1. The monoisotopic (exact) mass is 338 g/mol. The van der Waals surface area contributed by atoms with Crippen LogP contribution in [0.3, 0.4) is 0 Å².